The van der Waals surface area contributed by atoms with Crippen molar-refractivity contribution >= 4 is 9.84 Å². The van der Waals surface area contributed by atoms with Gasteiger partial charge >= 0.3 is 6.18 Å². The van der Waals surface area contributed by atoms with Crippen LogP contribution in [0.2, 0.25) is 0 Å². The molecule has 0 aliphatic rings. The SMILES string of the molecule is Cc1cc(S(C)(=O)=O)ccc1C(F)(F)F. The molecule has 1 aromatic rings. The third kappa shape index (κ3) is 2.71. The highest BCUT2D eigenvalue weighted by Crippen LogP contribution is 2.32. The average Bonchev–Trinajstić information content (AvgIpc) is 1.99. The second-order valence-corrected chi connectivity index (χ2v) is 5.26. The maximum absolute atomic E-state index is 12.3. The van der Waals surface area contributed by atoms with Crippen molar-refractivity contribution in [3.8, 4) is 0 Å². The van der Waals surface area contributed by atoms with E-state index in [0.717, 1.165) is 24.5 Å². The highest BCUT2D eigenvalue weighted by atomic mass is 32.2. The molecule has 0 saturated carbocycles. The molecule has 2 nitrogen and oxygen atoms in total. The Morgan fingerprint density at radius 3 is 2.07 bits per heavy atom. The lowest BCUT2D eigenvalue weighted by Gasteiger charge is -2.10. The normalized spacial score (nSPS) is 12.9. The van der Waals surface area contributed by atoms with Crippen molar-refractivity contribution in [3.63, 3.8) is 0 Å². The van der Waals surface area contributed by atoms with E-state index in [1.807, 2.05) is 0 Å². The molecule has 0 amide bonds. The molecule has 0 atom stereocenters. The van der Waals surface area contributed by atoms with Gasteiger partial charge in [-0.15, -0.1) is 0 Å². The summed E-state index contributed by atoms with van der Waals surface area (Å²) in [6.45, 7) is 1.23. The molecular weight excluding hydrogens is 229 g/mol. The lowest BCUT2D eigenvalue weighted by Crippen LogP contribution is -2.08. The van der Waals surface area contributed by atoms with E-state index in [4.69, 9.17) is 0 Å². The second-order valence-electron chi connectivity index (χ2n) is 3.25. The van der Waals surface area contributed by atoms with E-state index in [2.05, 4.69) is 0 Å². The number of aryl methyl sites for hydroxylation is 1. The third-order valence-electron chi connectivity index (χ3n) is 1.93. The van der Waals surface area contributed by atoms with Crippen molar-refractivity contribution in [3.05, 3.63) is 29.3 Å². The predicted octanol–water partition coefficient (Wildman–Crippen LogP) is 2.42. The molecule has 1 rings (SSSR count). The van der Waals surface area contributed by atoms with Crippen molar-refractivity contribution in [1.29, 1.82) is 0 Å². The zero-order valence-electron chi connectivity index (χ0n) is 8.09. The van der Waals surface area contributed by atoms with Crippen molar-refractivity contribution in [2.24, 2.45) is 0 Å². The Hall–Kier alpha value is -1.04. The molecule has 0 radical (unpaired) electrons. The van der Waals surface area contributed by atoms with Crippen molar-refractivity contribution < 1.29 is 21.6 Å². The highest BCUT2D eigenvalue weighted by Gasteiger charge is 2.32. The molecule has 0 bridgehead atoms. The van der Waals surface area contributed by atoms with E-state index in [-0.39, 0.29) is 10.5 Å². The van der Waals surface area contributed by atoms with E-state index < -0.39 is 21.6 Å². The first-order chi connectivity index (χ1) is 6.62. The molecule has 1 aromatic carbocycles. The van der Waals surface area contributed by atoms with Gasteiger partial charge in [-0.05, 0) is 30.7 Å². The highest BCUT2D eigenvalue weighted by molar-refractivity contribution is 7.90. The zero-order chi connectivity index (χ0) is 11.9. The van der Waals surface area contributed by atoms with Crippen LogP contribution in [-0.2, 0) is 16.0 Å². The van der Waals surface area contributed by atoms with Crippen LogP contribution in [0.1, 0.15) is 11.1 Å². The zero-order valence-corrected chi connectivity index (χ0v) is 8.91. The number of benzene rings is 1. The number of alkyl halides is 3. The molecule has 0 aliphatic heterocycles. The molecule has 0 spiro atoms. The predicted molar refractivity (Wildman–Crippen MR) is 49.3 cm³/mol. The maximum Gasteiger partial charge on any atom is 0.416 e. The van der Waals surface area contributed by atoms with E-state index in [0.29, 0.717) is 0 Å². The minimum absolute atomic E-state index is 0.0922. The van der Waals surface area contributed by atoms with Gasteiger partial charge in [0.15, 0.2) is 9.84 Å². The van der Waals surface area contributed by atoms with Crippen LogP contribution in [0.15, 0.2) is 23.1 Å². The fraction of sp³-hybridized carbons (Fsp3) is 0.333. The van der Waals surface area contributed by atoms with Gasteiger partial charge in [0.05, 0.1) is 10.5 Å². The quantitative estimate of drug-likeness (QED) is 0.753. The summed E-state index contributed by atoms with van der Waals surface area (Å²) in [7, 11) is -3.45. The van der Waals surface area contributed by atoms with Gasteiger partial charge in [-0.2, -0.15) is 13.2 Å². The Bertz CT molecular complexity index is 475. The molecule has 0 fully saturated rings. The Morgan fingerprint density at radius 1 is 1.20 bits per heavy atom. The minimum atomic E-state index is -4.44. The van der Waals surface area contributed by atoms with Gasteiger partial charge in [0.25, 0.3) is 0 Å². The van der Waals surface area contributed by atoms with Crippen LogP contribution >= 0.6 is 0 Å². The summed E-state index contributed by atoms with van der Waals surface area (Å²) in [5.41, 5.74) is -0.902. The number of halogens is 3. The fourth-order valence-corrected chi connectivity index (χ4v) is 1.89. The number of rotatable bonds is 1. The first kappa shape index (κ1) is 12.0. The fourth-order valence-electron chi connectivity index (χ4n) is 1.18. The first-order valence-electron chi connectivity index (χ1n) is 4.00. The summed E-state index contributed by atoms with van der Waals surface area (Å²) in [6.07, 6.45) is -3.49. The van der Waals surface area contributed by atoms with Crippen LogP contribution in [0, 0.1) is 6.92 Å². The van der Waals surface area contributed by atoms with Crippen LogP contribution < -0.4 is 0 Å². The summed E-state index contributed by atoms with van der Waals surface area (Å²) >= 11 is 0. The van der Waals surface area contributed by atoms with E-state index in [1.54, 1.807) is 0 Å². The van der Waals surface area contributed by atoms with E-state index >= 15 is 0 Å². The molecule has 0 saturated heterocycles. The standard InChI is InChI=1S/C9H9F3O2S/c1-6-5-7(15(2,13)14)3-4-8(6)9(10,11)12/h3-5H,1-2H3. The number of hydrogen-bond acceptors (Lipinski definition) is 2. The molecule has 6 heteroatoms. The molecule has 0 aliphatic carbocycles. The molecule has 0 N–H and O–H groups in total. The Morgan fingerprint density at radius 2 is 1.73 bits per heavy atom. The number of sulfone groups is 1. The minimum Gasteiger partial charge on any atom is -0.224 e. The van der Waals surface area contributed by atoms with Gasteiger partial charge in [-0.25, -0.2) is 8.42 Å². The summed E-state index contributed by atoms with van der Waals surface area (Å²) in [5.74, 6) is 0. The van der Waals surface area contributed by atoms with Crippen molar-refractivity contribution in [2.45, 2.75) is 18.0 Å². The summed E-state index contributed by atoms with van der Waals surface area (Å²) in [4.78, 5) is -0.104. The van der Waals surface area contributed by atoms with Gasteiger partial charge in [-0.3, -0.25) is 0 Å². The average molecular weight is 238 g/mol. The first-order valence-corrected chi connectivity index (χ1v) is 5.89. The topological polar surface area (TPSA) is 34.1 Å². The molecule has 0 unspecified atom stereocenters. The van der Waals surface area contributed by atoms with Crippen molar-refractivity contribution in [1.82, 2.24) is 0 Å². The molecule has 0 heterocycles. The largest absolute Gasteiger partial charge is 0.416 e. The van der Waals surface area contributed by atoms with Gasteiger partial charge in [0, 0.05) is 6.26 Å². The van der Waals surface area contributed by atoms with Crippen LogP contribution in [0.3, 0.4) is 0 Å². The van der Waals surface area contributed by atoms with Crippen LogP contribution in [0.4, 0.5) is 13.2 Å². The summed E-state index contributed by atoms with van der Waals surface area (Å²) < 4.78 is 59.1. The lowest BCUT2D eigenvalue weighted by atomic mass is 10.1. The lowest BCUT2D eigenvalue weighted by molar-refractivity contribution is -0.138. The van der Waals surface area contributed by atoms with Gasteiger partial charge in [0.2, 0.25) is 0 Å². The van der Waals surface area contributed by atoms with E-state index in [1.165, 1.54) is 6.92 Å². The smallest absolute Gasteiger partial charge is 0.224 e. The number of hydrogen-bond donors (Lipinski definition) is 0. The van der Waals surface area contributed by atoms with Gasteiger partial charge in [0.1, 0.15) is 0 Å². The maximum atomic E-state index is 12.3. The van der Waals surface area contributed by atoms with Gasteiger partial charge in [-0.1, -0.05) is 0 Å². The van der Waals surface area contributed by atoms with Gasteiger partial charge < -0.3 is 0 Å². The summed E-state index contributed by atoms with van der Waals surface area (Å²) in [6, 6.07) is 2.77. The summed E-state index contributed by atoms with van der Waals surface area (Å²) in [5, 5.41) is 0. The van der Waals surface area contributed by atoms with Crippen molar-refractivity contribution in [2.75, 3.05) is 6.26 Å². The van der Waals surface area contributed by atoms with Crippen LogP contribution in [0.5, 0.6) is 0 Å². The molecule has 0 aromatic heterocycles. The second kappa shape index (κ2) is 3.52. The third-order valence-corrected chi connectivity index (χ3v) is 3.04. The molecule has 84 valence electrons. The molecule has 15 heavy (non-hydrogen) atoms. The Labute approximate surface area is 85.6 Å². The van der Waals surface area contributed by atoms with E-state index in [9.17, 15) is 21.6 Å². The van der Waals surface area contributed by atoms with Crippen LogP contribution in [0.25, 0.3) is 0 Å². The van der Waals surface area contributed by atoms with Crippen LogP contribution in [-0.4, -0.2) is 14.7 Å². The molecular formula is C9H9F3O2S. The Kier molecular flexibility index (Phi) is 2.82. The Balaban J connectivity index is 3.34. The monoisotopic (exact) mass is 238 g/mol.